The van der Waals surface area contributed by atoms with Crippen LogP contribution >= 0.6 is 0 Å². The van der Waals surface area contributed by atoms with Crippen molar-refractivity contribution in [2.45, 2.75) is 79.6 Å². The van der Waals surface area contributed by atoms with E-state index in [4.69, 9.17) is 4.74 Å². The van der Waals surface area contributed by atoms with Crippen LogP contribution in [0.1, 0.15) is 67.4 Å². The quantitative estimate of drug-likeness (QED) is 0.168. The van der Waals surface area contributed by atoms with Crippen LogP contribution in [0.4, 0.5) is 0 Å². The first-order valence-corrected chi connectivity index (χ1v) is 16.1. The van der Waals surface area contributed by atoms with Crippen LogP contribution in [0.2, 0.25) is 0 Å². The van der Waals surface area contributed by atoms with Crippen molar-refractivity contribution in [3.05, 3.63) is 113 Å². The number of aryl methyl sites for hydroxylation is 3. The summed E-state index contributed by atoms with van der Waals surface area (Å²) >= 11 is 0. The fourth-order valence-corrected chi connectivity index (χ4v) is 8.04. The fraction of sp³-hybridized carbons (Fsp3) is 0.308. The highest BCUT2D eigenvalue weighted by molar-refractivity contribution is 6.23. The summed E-state index contributed by atoms with van der Waals surface area (Å²) < 4.78 is 14.0. The number of para-hydroxylation sites is 3. The van der Waals surface area contributed by atoms with E-state index < -0.39 is 5.60 Å². The summed E-state index contributed by atoms with van der Waals surface area (Å²) in [5, 5.41) is 3.34. The molecule has 1 aliphatic heterocycles. The number of hydrogen-bond acceptors (Lipinski definition) is 2. The monoisotopic (exact) mass is 583 g/mol. The fourth-order valence-electron chi connectivity index (χ4n) is 8.04. The summed E-state index contributed by atoms with van der Waals surface area (Å²) in [7, 11) is 0. The molecule has 3 aromatic heterocycles. The van der Waals surface area contributed by atoms with Crippen molar-refractivity contribution in [1.82, 2.24) is 13.7 Å². The number of aromatic nitrogens is 3. The van der Waals surface area contributed by atoms with Crippen molar-refractivity contribution in [3.8, 4) is 0 Å². The zero-order chi connectivity index (χ0) is 30.7. The molecule has 0 fully saturated rings. The molecule has 5 nitrogen and oxygen atoms in total. The molecule has 0 aliphatic carbocycles. The van der Waals surface area contributed by atoms with Crippen molar-refractivity contribution >= 4 is 44.3 Å². The van der Waals surface area contributed by atoms with Crippen LogP contribution in [0.5, 0.6) is 0 Å². The lowest BCUT2D eigenvalue weighted by Crippen LogP contribution is -2.29. The maximum atomic E-state index is 14.5. The molecule has 7 rings (SSSR count). The molecule has 1 atom stereocenters. The highest BCUT2D eigenvalue weighted by Gasteiger charge is 2.50. The summed E-state index contributed by atoms with van der Waals surface area (Å²) in [6.45, 7) is 15.7. The Morgan fingerprint density at radius 3 is 1.61 bits per heavy atom. The van der Waals surface area contributed by atoms with Crippen molar-refractivity contribution in [2.75, 3.05) is 0 Å². The summed E-state index contributed by atoms with van der Waals surface area (Å²) in [5.41, 5.74) is 9.48. The number of esters is 1. The summed E-state index contributed by atoms with van der Waals surface area (Å²) in [5.74, 6) is -0.271. The average molecular weight is 584 g/mol. The molecular formula is C39H41N3O2. The second kappa shape index (κ2) is 10.6. The molecule has 0 saturated heterocycles. The van der Waals surface area contributed by atoms with E-state index >= 15 is 0 Å². The van der Waals surface area contributed by atoms with Gasteiger partial charge in [0, 0.05) is 86.1 Å². The number of benzene rings is 3. The number of nitrogens with zero attached hydrogens (tertiary/aromatic N) is 3. The zero-order valence-corrected chi connectivity index (χ0v) is 26.7. The molecule has 6 aromatic rings. The average Bonchev–Trinajstić information content (AvgIpc) is 3.70. The van der Waals surface area contributed by atoms with Crippen molar-refractivity contribution in [3.63, 3.8) is 0 Å². The van der Waals surface area contributed by atoms with Gasteiger partial charge in [0.2, 0.25) is 0 Å². The number of fused-ring (bicyclic) bond motifs is 3. The predicted molar refractivity (Wildman–Crippen MR) is 181 cm³/mol. The maximum Gasteiger partial charge on any atom is 0.340 e. The van der Waals surface area contributed by atoms with E-state index in [1.165, 1.54) is 5.52 Å². The third-order valence-corrected chi connectivity index (χ3v) is 9.74. The molecule has 3 aromatic carbocycles. The van der Waals surface area contributed by atoms with E-state index in [0.717, 1.165) is 93.4 Å². The minimum absolute atomic E-state index is 0.271. The van der Waals surface area contributed by atoms with Gasteiger partial charge in [0.05, 0.1) is 5.57 Å². The van der Waals surface area contributed by atoms with Gasteiger partial charge in [-0.05, 0) is 64.8 Å². The van der Waals surface area contributed by atoms with Crippen LogP contribution in [-0.4, -0.2) is 19.7 Å². The second-order valence-corrected chi connectivity index (χ2v) is 12.2. The number of ether oxygens (including phenoxy) is 1. The third-order valence-electron chi connectivity index (χ3n) is 9.74. The van der Waals surface area contributed by atoms with Gasteiger partial charge in [-0.1, -0.05) is 68.4 Å². The first-order valence-electron chi connectivity index (χ1n) is 16.1. The van der Waals surface area contributed by atoms with Gasteiger partial charge in [-0.2, -0.15) is 0 Å². The Hall–Kier alpha value is -4.51. The topological polar surface area (TPSA) is 41.1 Å². The van der Waals surface area contributed by atoms with Crippen LogP contribution < -0.4 is 0 Å². The molecule has 0 radical (unpaired) electrons. The Balaban J connectivity index is 1.64. The van der Waals surface area contributed by atoms with Crippen molar-refractivity contribution < 1.29 is 9.53 Å². The maximum absolute atomic E-state index is 14.5. The lowest BCUT2D eigenvalue weighted by molar-refractivity contribution is -0.142. The Labute approximate surface area is 259 Å². The van der Waals surface area contributed by atoms with Gasteiger partial charge in [0.1, 0.15) is 0 Å². The van der Waals surface area contributed by atoms with Crippen LogP contribution in [-0.2, 0) is 34.8 Å². The number of carbonyl (C=O) groups is 1. The van der Waals surface area contributed by atoms with Gasteiger partial charge >= 0.3 is 5.97 Å². The molecule has 5 heteroatoms. The molecule has 0 spiro atoms. The van der Waals surface area contributed by atoms with Crippen molar-refractivity contribution in [1.29, 1.82) is 0 Å². The number of rotatable bonds is 8. The van der Waals surface area contributed by atoms with E-state index in [0.29, 0.717) is 5.57 Å². The molecule has 4 heterocycles. The first-order chi connectivity index (χ1) is 21.4. The number of carbonyl (C=O) groups excluding carboxylic acids is 1. The predicted octanol–water partition coefficient (Wildman–Crippen LogP) is 9.20. The standard InChI is InChI=1S/C39H41N3O2/c1-7-22-41-25(4)35(28-16-10-13-19-32(28)41)31-24-39(44-38(31)43,36-26(5)40(9-3)33-20-14-11-17-29(33)36)37-27(6)42(23-8-2)34-21-15-12-18-30(34)37/h10-21,24H,7-9,22-23H2,1-6H3. The summed E-state index contributed by atoms with van der Waals surface area (Å²) in [6, 6.07) is 25.6. The van der Waals surface area contributed by atoms with Gasteiger partial charge < -0.3 is 18.4 Å². The highest BCUT2D eigenvalue weighted by atomic mass is 16.6. The van der Waals surface area contributed by atoms with Gasteiger partial charge in [0.25, 0.3) is 0 Å². The molecule has 0 bridgehead atoms. The molecule has 44 heavy (non-hydrogen) atoms. The number of hydrogen-bond donors (Lipinski definition) is 0. The van der Waals surface area contributed by atoms with E-state index in [1.54, 1.807) is 0 Å². The highest BCUT2D eigenvalue weighted by Crippen LogP contribution is 2.52. The Bertz CT molecular complexity index is 2120. The van der Waals surface area contributed by atoms with Gasteiger partial charge in [-0.25, -0.2) is 4.79 Å². The minimum atomic E-state index is -1.10. The van der Waals surface area contributed by atoms with E-state index in [2.05, 4.69) is 134 Å². The molecule has 1 aliphatic rings. The molecule has 0 amide bonds. The van der Waals surface area contributed by atoms with Crippen LogP contribution in [0.15, 0.2) is 78.9 Å². The molecular weight excluding hydrogens is 542 g/mol. The van der Waals surface area contributed by atoms with Gasteiger partial charge in [0.15, 0.2) is 5.60 Å². The van der Waals surface area contributed by atoms with Crippen LogP contribution in [0.25, 0.3) is 38.3 Å². The summed E-state index contributed by atoms with van der Waals surface area (Å²) in [6.07, 6.45) is 4.19. The molecule has 0 saturated carbocycles. The zero-order valence-electron chi connectivity index (χ0n) is 26.7. The van der Waals surface area contributed by atoms with E-state index in [9.17, 15) is 4.79 Å². The smallest absolute Gasteiger partial charge is 0.340 e. The molecule has 224 valence electrons. The molecule has 1 unspecified atom stereocenters. The minimum Gasteiger partial charge on any atom is -0.441 e. The Morgan fingerprint density at radius 1 is 0.614 bits per heavy atom. The SMILES string of the molecule is CCCn1c(C)c(C2=CC(c3c(C)n(CC)c4ccccc34)(c3c(C)n(CCC)c4ccccc34)OC2=O)c2ccccc21. The Kier molecular flexibility index (Phi) is 6.80. The van der Waals surface area contributed by atoms with E-state index in [1.807, 2.05) is 0 Å². The second-order valence-electron chi connectivity index (χ2n) is 12.2. The lowest BCUT2D eigenvalue weighted by Gasteiger charge is -2.29. The van der Waals surface area contributed by atoms with Gasteiger partial charge in [-0.15, -0.1) is 0 Å². The largest absolute Gasteiger partial charge is 0.441 e. The normalized spacial score (nSPS) is 16.9. The van der Waals surface area contributed by atoms with Crippen LogP contribution in [0, 0.1) is 20.8 Å². The number of cyclic esters (lactones) is 1. The van der Waals surface area contributed by atoms with Crippen LogP contribution in [0.3, 0.4) is 0 Å². The van der Waals surface area contributed by atoms with Crippen molar-refractivity contribution in [2.24, 2.45) is 0 Å². The summed E-state index contributed by atoms with van der Waals surface area (Å²) in [4.78, 5) is 14.5. The van der Waals surface area contributed by atoms with E-state index in [-0.39, 0.29) is 5.97 Å². The van der Waals surface area contributed by atoms with Gasteiger partial charge in [-0.3, -0.25) is 0 Å². The third kappa shape index (κ3) is 3.81. The Morgan fingerprint density at radius 2 is 1.07 bits per heavy atom. The lowest BCUT2D eigenvalue weighted by atomic mass is 9.81. The molecule has 0 N–H and O–H groups in total. The first kappa shape index (κ1) is 28.3.